The van der Waals surface area contributed by atoms with Crippen molar-refractivity contribution in [2.75, 3.05) is 23.8 Å². The van der Waals surface area contributed by atoms with Crippen molar-refractivity contribution in [2.24, 2.45) is 5.73 Å². The summed E-state index contributed by atoms with van der Waals surface area (Å²) in [6.07, 6.45) is 0.939. The van der Waals surface area contributed by atoms with E-state index in [1.54, 1.807) is 11.8 Å². The average Bonchev–Trinajstić information content (AvgIpc) is 2.38. The molecule has 0 aromatic heterocycles. The molecule has 0 spiro atoms. The standard InChI is InChI=1S/C6H14N2O2S2/c7-2-4-12(9,10)8-6-1-3-11-5-6/h6,8H,1-5,7H2. The molecule has 6 heteroatoms. The molecule has 1 saturated heterocycles. The van der Waals surface area contributed by atoms with E-state index in [0.29, 0.717) is 0 Å². The fourth-order valence-electron chi connectivity index (χ4n) is 1.10. The SMILES string of the molecule is NCCS(=O)(=O)NC1CCSC1. The summed E-state index contributed by atoms with van der Waals surface area (Å²) in [6, 6.07) is 0.131. The zero-order valence-corrected chi connectivity index (χ0v) is 8.46. The highest BCUT2D eigenvalue weighted by atomic mass is 32.2. The normalized spacial score (nSPS) is 24.6. The molecule has 1 heterocycles. The van der Waals surface area contributed by atoms with Crippen LogP contribution in [0, 0.1) is 0 Å². The lowest BCUT2D eigenvalue weighted by Crippen LogP contribution is -2.37. The maximum Gasteiger partial charge on any atom is 0.213 e. The van der Waals surface area contributed by atoms with E-state index < -0.39 is 10.0 Å². The van der Waals surface area contributed by atoms with Gasteiger partial charge in [0.25, 0.3) is 0 Å². The van der Waals surface area contributed by atoms with Gasteiger partial charge in [0.2, 0.25) is 10.0 Å². The minimum atomic E-state index is -3.10. The first-order valence-corrected chi connectivity index (χ1v) is 6.72. The van der Waals surface area contributed by atoms with Gasteiger partial charge in [0, 0.05) is 18.3 Å². The van der Waals surface area contributed by atoms with E-state index in [1.807, 2.05) is 0 Å². The van der Waals surface area contributed by atoms with Crippen LogP contribution in [0.1, 0.15) is 6.42 Å². The van der Waals surface area contributed by atoms with Crippen LogP contribution in [-0.2, 0) is 10.0 Å². The van der Waals surface area contributed by atoms with Crippen molar-refractivity contribution in [3.05, 3.63) is 0 Å². The van der Waals surface area contributed by atoms with Gasteiger partial charge in [-0.05, 0) is 12.2 Å². The van der Waals surface area contributed by atoms with Crippen molar-refractivity contribution in [3.63, 3.8) is 0 Å². The van der Waals surface area contributed by atoms with Crippen LogP contribution >= 0.6 is 11.8 Å². The largest absolute Gasteiger partial charge is 0.329 e. The molecule has 0 bridgehead atoms. The van der Waals surface area contributed by atoms with Crippen molar-refractivity contribution < 1.29 is 8.42 Å². The first-order chi connectivity index (χ1) is 5.64. The predicted octanol–water partition coefficient (Wildman–Crippen LogP) is -0.630. The Labute approximate surface area is 77.3 Å². The quantitative estimate of drug-likeness (QED) is 0.648. The number of nitrogens with one attached hydrogen (secondary N) is 1. The Kier molecular flexibility index (Phi) is 3.82. The summed E-state index contributed by atoms with van der Waals surface area (Å²) >= 11 is 1.78. The van der Waals surface area contributed by atoms with Gasteiger partial charge < -0.3 is 5.73 Å². The topological polar surface area (TPSA) is 72.2 Å². The highest BCUT2D eigenvalue weighted by molar-refractivity contribution is 7.99. The molecular formula is C6H14N2O2S2. The lowest BCUT2D eigenvalue weighted by atomic mass is 10.3. The highest BCUT2D eigenvalue weighted by Gasteiger charge is 2.20. The van der Waals surface area contributed by atoms with Gasteiger partial charge in [-0.25, -0.2) is 13.1 Å². The van der Waals surface area contributed by atoms with Crippen LogP contribution in [0.25, 0.3) is 0 Å². The van der Waals surface area contributed by atoms with Gasteiger partial charge in [0.05, 0.1) is 5.75 Å². The molecule has 1 atom stereocenters. The number of rotatable bonds is 4. The molecule has 3 N–H and O–H groups in total. The van der Waals surface area contributed by atoms with Crippen molar-refractivity contribution in [3.8, 4) is 0 Å². The third-order valence-electron chi connectivity index (χ3n) is 1.66. The van der Waals surface area contributed by atoms with E-state index in [-0.39, 0.29) is 18.3 Å². The first-order valence-electron chi connectivity index (χ1n) is 3.92. The zero-order valence-electron chi connectivity index (χ0n) is 6.82. The van der Waals surface area contributed by atoms with Gasteiger partial charge in [-0.1, -0.05) is 0 Å². The average molecular weight is 210 g/mol. The molecule has 4 nitrogen and oxygen atoms in total. The molecule has 1 rings (SSSR count). The van der Waals surface area contributed by atoms with Gasteiger partial charge in [-0.15, -0.1) is 0 Å². The Hall–Kier alpha value is 0.220. The molecule has 72 valence electrons. The highest BCUT2D eigenvalue weighted by Crippen LogP contribution is 2.17. The molecule has 0 aliphatic carbocycles. The van der Waals surface area contributed by atoms with Crippen molar-refractivity contribution in [1.82, 2.24) is 4.72 Å². The van der Waals surface area contributed by atoms with Gasteiger partial charge in [0.15, 0.2) is 0 Å². The summed E-state index contributed by atoms with van der Waals surface area (Å²) in [5, 5.41) is 0. The molecule has 1 aliphatic heterocycles. The molecule has 0 saturated carbocycles. The van der Waals surface area contributed by atoms with E-state index in [2.05, 4.69) is 4.72 Å². The van der Waals surface area contributed by atoms with Gasteiger partial charge in [0.1, 0.15) is 0 Å². The molecular weight excluding hydrogens is 196 g/mol. The van der Waals surface area contributed by atoms with Crippen molar-refractivity contribution in [2.45, 2.75) is 12.5 Å². The summed E-state index contributed by atoms with van der Waals surface area (Å²) < 4.78 is 25.0. The Morgan fingerprint density at radius 2 is 2.33 bits per heavy atom. The summed E-state index contributed by atoms with van der Waals surface area (Å²) in [5.74, 6) is 1.98. The fourth-order valence-corrected chi connectivity index (χ4v) is 3.49. The Morgan fingerprint density at radius 3 is 2.83 bits per heavy atom. The maximum absolute atomic E-state index is 11.2. The minimum Gasteiger partial charge on any atom is -0.329 e. The fraction of sp³-hybridized carbons (Fsp3) is 1.00. The van der Waals surface area contributed by atoms with E-state index in [4.69, 9.17) is 5.73 Å². The lowest BCUT2D eigenvalue weighted by Gasteiger charge is -2.10. The first kappa shape index (κ1) is 10.3. The molecule has 0 amide bonds. The number of thioether (sulfide) groups is 1. The lowest BCUT2D eigenvalue weighted by molar-refractivity contribution is 0.563. The Balaban J connectivity index is 2.38. The molecule has 1 fully saturated rings. The van der Waals surface area contributed by atoms with Gasteiger partial charge in [-0.3, -0.25) is 0 Å². The molecule has 0 aromatic carbocycles. The number of hydrogen-bond acceptors (Lipinski definition) is 4. The van der Waals surface area contributed by atoms with Crippen LogP contribution < -0.4 is 10.5 Å². The number of sulfonamides is 1. The summed E-state index contributed by atoms with van der Waals surface area (Å²) in [6.45, 7) is 0.190. The summed E-state index contributed by atoms with van der Waals surface area (Å²) in [7, 11) is -3.10. The number of hydrogen-bond donors (Lipinski definition) is 2. The van der Waals surface area contributed by atoms with Gasteiger partial charge in [-0.2, -0.15) is 11.8 Å². The predicted molar refractivity (Wildman–Crippen MR) is 51.7 cm³/mol. The van der Waals surface area contributed by atoms with E-state index in [9.17, 15) is 8.42 Å². The van der Waals surface area contributed by atoms with E-state index in [0.717, 1.165) is 17.9 Å². The van der Waals surface area contributed by atoms with Crippen molar-refractivity contribution in [1.29, 1.82) is 0 Å². The second kappa shape index (κ2) is 4.45. The smallest absolute Gasteiger partial charge is 0.213 e. The second-order valence-electron chi connectivity index (χ2n) is 2.79. The minimum absolute atomic E-state index is 0.0359. The van der Waals surface area contributed by atoms with Crippen LogP contribution in [0.15, 0.2) is 0 Å². The van der Waals surface area contributed by atoms with Crippen LogP contribution in [-0.4, -0.2) is 38.3 Å². The molecule has 0 radical (unpaired) electrons. The summed E-state index contributed by atoms with van der Waals surface area (Å²) in [4.78, 5) is 0. The van der Waals surface area contributed by atoms with Crippen LogP contribution in [0.4, 0.5) is 0 Å². The summed E-state index contributed by atoms with van der Waals surface area (Å²) in [5.41, 5.74) is 5.16. The van der Waals surface area contributed by atoms with Gasteiger partial charge >= 0.3 is 0 Å². The third kappa shape index (κ3) is 3.30. The molecule has 12 heavy (non-hydrogen) atoms. The monoisotopic (exact) mass is 210 g/mol. The van der Waals surface area contributed by atoms with Crippen LogP contribution in [0.5, 0.6) is 0 Å². The van der Waals surface area contributed by atoms with Crippen LogP contribution in [0.2, 0.25) is 0 Å². The molecule has 1 aliphatic rings. The molecule has 1 unspecified atom stereocenters. The van der Waals surface area contributed by atoms with E-state index in [1.165, 1.54) is 0 Å². The van der Waals surface area contributed by atoms with Crippen molar-refractivity contribution >= 4 is 21.8 Å². The molecule has 0 aromatic rings. The number of nitrogens with two attached hydrogens (primary N) is 1. The second-order valence-corrected chi connectivity index (χ2v) is 5.81. The zero-order chi connectivity index (χ0) is 9.03. The Morgan fingerprint density at radius 1 is 1.58 bits per heavy atom. The van der Waals surface area contributed by atoms with E-state index >= 15 is 0 Å². The third-order valence-corrected chi connectivity index (χ3v) is 4.29. The van der Waals surface area contributed by atoms with Crippen LogP contribution in [0.3, 0.4) is 0 Å². The maximum atomic E-state index is 11.2. The Bertz CT molecular complexity index is 222.